The number of para-hydroxylation sites is 1. The van der Waals surface area contributed by atoms with Crippen molar-refractivity contribution in [3.05, 3.63) is 65.2 Å². The normalized spacial score (nSPS) is 18.3. The van der Waals surface area contributed by atoms with Crippen LogP contribution in [0.25, 0.3) is 0 Å². The van der Waals surface area contributed by atoms with Gasteiger partial charge in [-0.15, -0.1) is 0 Å². The zero-order valence-electron chi connectivity index (χ0n) is 13.0. The van der Waals surface area contributed by atoms with E-state index in [2.05, 4.69) is 6.07 Å². The van der Waals surface area contributed by atoms with Crippen molar-refractivity contribution in [2.75, 3.05) is 17.4 Å². The van der Waals surface area contributed by atoms with Crippen molar-refractivity contribution < 1.29 is 8.42 Å². The van der Waals surface area contributed by atoms with Crippen molar-refractivity contribution in [1.29, 1.82) is 0 Å². The van der Waals surface area contributed by atoms with Crippen LogP contribution >= 0.6 is 0 Å². The highest BCUT2D eigenvalue weighted by atomic mass is 32.2. The number of nitrogens with zero attached hydrogens (tertiary/aromatic N) is 2. The Morgan fingerprint density at radius 1 is 0.783 bits per heavy atom. The van der Waals surface area contributed by atoms with Gasteiger partial charge in [0.05, 0.1) is 5.69 Å². The van der Waals surface area contributed by atoms with Gasteiger partial charge >= 0.3 is 10.2 Å². The molecular formula is C18H20N2O2S. The lowest BCUT2D eigenvalue weighted by molar-refractivity contribution is 0.388. The van der Waals surface area contributed by atoms with Gasteiger partial charge in [-0.05, 0) is 42.0 Å². The Bertz CT molecular complexity index is 832. The fraction of sp³-hybridized carbons (Fsp3) is 0.333. The van der Waals surface area contributed by atoms with E-state index in [0.717, 1.165) is 36.1 Å². The van der Waals surface area contributed by atoms with Crippen LogP contribution in [0.15, 0.2) is 48.5 Å². The molecule has 0 unspecified atom stereocenters. The van der Waals surface area contributed by atoms with Crippen LogP contribution in [-0.4, -0.2) is 25.8 Å². The van der Waals surface area contributed by atoms with Crippen LogP contribution < -0.4 is 4.31 Å². The second-order valence-corrected chi connectivity index (χ2v) is 8.02. The lowest BCUT2D eigenvalue weighted by Crippen LogP contribution is -2.47. The van der Waals surface area contributed by atoms with Crippen LogP contribution in [0.5, 0.6) is 0 Å². The van der Waals surface area contributed by atoms with Crippen LogP contribution in [0, 0.1) is 0 Å². The zero-order valence-corrected chi connectivity index (χ0v) is 13.8. The molecule has 23 heavy (non-hydrogen) atoms. The van der Waals surface area contributed by atoms with E-state index in [9.17, 15) is 8.42 Å². The molecule has 0 atom stereocenters. The van der Waals surface area contributed by atoms with Crippen molar-refractivity contribution in [3.8, 4) is 0 Å². The highest BCUT2D eigenvalue weighted by molar-refractivity contribution is 7.90. The smallest absolute Gasteiger partial charge is 0.257 e. The average Bonchev–Trinajstić information content (AvgIpc) is 2.60. The minimum Gasteiger partial charge on any atom is -0.257 e. The zero-order chi connectivity index (χ0) is 15.9. The molecule has 0 N–H and O–H groups in total. The molecule has 0 spiro atoms. The molecule has 0 aromatic heterocycles. The first-order valence-electron chi connectivity index (χ1n) is 8.09. The summed E-state index contributed by atoms with van der Waals surface area (Å²) in [5.74, 6) is 0. The molecule has 0 saturated heterocycles. The maximum absolute atomic E-state index is 13.2. The second-order valence-electron chi connectivity index (χ2n) is 6.16. The topological polar surface area (TPSA) is 40.6 Å². The summed E-state index contributed by atoms with van der Waals surface area (Å²) in [4.78, 5) is 0. The van der Waals surface area contributed by atoms with Gasteiger partial charge in [0, 0.05) is 19.6 Å². The van der Waals surface area contributed by atoms with Crippen molar-refractivity contribution in [2.45, 2.75) is 25.8 Å². The van der Waals surface area contributed by atoms with Gasteiger partial charge in [0.2, 0.25) is 0 Å². The lowest BCUT2D eigenvalue weighted by Gasteiger charge is -2.36. The van der Waals surface area contributed by atoms with Gasteiger partial charge in [0.1, 0.15) is 0 Å². The minimum absolute atomic E-state index is 0.469. The fourth-order valence-corrected chi connectivity index (χ4v) is 5.23. The van der Waals surface area contributed by atoms with Crippen LogP contribution in [-0.2, 0) is 29.6 Å². The summed E-state index contributed by atoms with van der Waals surface area (Å²) in [6.07, 6.45) is 2.61. The first kappa shape index (κ1) is 14.7. The lowest BCUT2D eigenvalue weighted by atomic mass is 10.0. The highest BCUT2D eigenvalue weighted by Gasteiger charge is 2.34. The summed E-state index contributed by atoms with van der Waals surface area (Å²) in [7, 11) is -3.47. The van der Waals surface area contributed by atoms with E-state index in [1.807, 2.05) is 42.5 Å². The number of rotatable bonds is 2. The van der Waals surface area contributed by atoms with Crippen molar-refractivity contribution >= 4 is 15.9 Å². The first-order chi connectivity index (χ1) is 11.2. The molecule has 2 aromatic rings. The van der Waals surface area contributed by atoms with E-state index in [1.54, 1.807) is 8.61 Å². The van der Waals surface area contributed by atoms with Crippen molar-refractivity contribution in [2.24, 2.45) is 0 Å². The van der Waals surface area contributed by atoms with E-state index in [-0.39, 0.29) is 0 Å². The molecule has 2 aliphatic rings. The van der Waals surface area contributed by atoms with Crippen LogP contribution in [0.4, 0.5) is 5.69 Å². The molecule has 2 aliphatic heterocycles. The SMILES string of the molecule is O=S(=O)(N1CCc2ccccc2C1)N1CCCc2ccccc21. The quantitative estimate of drug-likeness (QED) is 0.850. The molecule has 4 rings (SSSR count). The van der Waals surface area contributed by atoms with Crippen molar-refractivity contribution in [3.63, 3.8) is 0 Å². The first-order valence-corrected chi connectivity index (χ1v) is 9.48. The van der Waals surface area contributed by atoms with Gasteiger partial charge in [0.25, 0.3) is 0 Å². The molecule has 0 saturated carbocycles. The summed E-state index contributed by atoms with van der Waals surface area (Å²) >= 11 is 0. The molecule has 0 radical (unpaired) electrons. The predicted octanol–water partition coefficient (Wildman–Crippen LogP) is 2.74. The van der Waals surface area contributed by atoms with Crippen LogP contribution in [0.2, 0.25) is 0 Å². The molecule has 4 nitrogen and oxygen atoms in total. The molecule has 0 aliphatic carbocycles. The highest BCUT2D eigenvalue weighted by Crippen LogP contribution is 2.32. The van der Waals surface area contributed by atoms with Gasteiger partial charge in [-0.25, -0.2) is 0 Å². The largest absolute Gasteiger partial charge is 0.304 e. The number of aryl methyl sites for hydroxylation is 1. The van der Waals surface area contributed by atoms with Gasteiger partial charge < -0.3 is 0 Å². The summed E-state index contributed by atoms with van der Waals surface area (Å²) < 4.78 is 29.5. The molecular weight excluding hydrogens is 308 g/mol. The second kappa shape index (κ2) is 5.65. The Kier molecular flexibility index (Phi) is 3.62. The maximum Gasteiger partial charge on any atom is 0.304 e. The average molecular weight is 328 g/mol. The number of benzene rings is 2. The van der Waals surface area contributed by atoms with Gasteiger partial charge in [-0.3, -0.25) is 4.31 Å². The summed E-state index contributed by atoms with van der Waals surface area (Å²) in [6.45, 7) is 1.59. The number of fused-ring (bicyclic) bond motifs is 2. The van der Waals surface area contributed by atoms with Gasteiger partial charge in [-0.2, -0.15) is 12.7 Å². The van der Waals surface area contributed by atoms with Crippen LogP contribution in [0.3, 0.4) is 0 Å². The number of anilines is 1. The Balaban J connectivity index is 1.67. The number of hydrogen-bond donors (Lipinski definition) is 0. The fourth-order valence-electron chi connectivity index (χ4n) is 3.54. The monoisotopic (exact) mass is 328 g/mol. The summed E-state index contributed by atoms with van der Waals surface area (Å²) in [6, 6.07) is 16.0. The van der Waals surface area contributed by atoms with Gasteiger partial charge in [-0.1, -0.05) is 42.5 Å². The number of hydrogen-bond acceptors (Lipinski definition) is 2. The molecule has 0 fully saturated rings. The standard InChI is InChI=1S/C18H20N2O2S/c21-23(22,19-13-11-15-6-1-2-8-17(15)14-19)20-12-5-9-16-7-3-4-10-18(16)20/h1-4,6-8,10H,5,9,11-14H2. The Morgan fingerprint density at radius 3 is 2.30 bits per heavy atom. The van der Waals surface area contributed by atoms with E-state index in [4.69, 9.17) is 0 Å². The predicted molar refractivity (Wildman–Crippen MR) is 91.6 cm³/mol. The third-order valence-electron chi connectivity index (χ3n) is 4.77. The maximum atomic E-state index is 13.2. The van der Waals surface area contributed by atoms with Crippen molar-refractivity contribution in [1.82, 2.24) is 4.31 Å². The Morgan fingerprint density at radius 2 is 1.48 bits per heavy atom. The molecule has 0 amide bonds. The molecule has 2 heterocycles. The van der Waals surface area contributed by atoms with E-state index >= 15 is 0 Å². The Hall–Kier alpha value is -1.85. The minimum atomic E-state index is -3.47. The Labute approximate surface area is 137 Å². The molecule has 120 valence electrons. The van der Waals surface area contributed by atoms with E-state index in [1.165, 1.54) is 5.56 Å². The van der Waals surface area contributed by atoms with E-state index in [0.29, 0.717) is 19.6 Å². The van der Waals surface area contributed by atoms with Gasteiger partial charge in [0.15, 0.2) is 0 Å². The molecule has 2 aromatic carbocycles. The summed E-state index contributed by atoms with van der Waals surface area (Å²) in [5.41, 5.74) is 4.35. The molecule has 0 bridgehead atoms. The third-order valence-corrected chi connectivity index (χ3v) is 6.67. The van der Waals surface area contributed by atoms with E-state index < -0.39 is 10.2 Å². The summed E-state index contributed by atoms with van der Waals surface area (Å²) in [5, 5.41) is 0. The third kappa shape index (κ3) is 2.54. The molecule has 5 heteroatoms. The van der Waals surface area contributed by atoms with Crippen LogP contribution in [0.1, 0.15) is 23.1 Å².